The maximum atomic E-state index is 6.90. The summed E-state index contributed by atoms with van der Waals surface area (Å²) in [5.41, 5.74) is 27.4. The van der Waals surface area contributed by atoms with E-state index >= 15 is 0 Å². The van der Waals surface area contributed by atoms with E-state index in [4.69, 9.17) is 14.5 Å². The maximum absolute atomic E-state index is 6.90. The molecule has 0 saturated heterocycles. The lowest BCUT2D eigenvalue weighted by Gasteiger charge is -2.39. The summed E-state index contributed by atoms with van der Waals surface area (Å²) in [6.45, 7) is 0. The van der Waals surface area contributed by atoms with Gasteiger partial charge in [0.2, 0.25) is 0 Å². The molecule has 2 aliphatic heterocycles. The van der Waals surface area contributed by atoms with Crippen molar-refractivity contribution < 1.29 is 9.47 Å². The van der Waals surface area contributed by atoms with Crippen LogP contribution in [0.1, 0.15) is 44.5 Å². The molecular formula is C85H51N3O2S. The van der Waals surface area contributed by atoms with E-state index < -0.39 is 10.8 Å². The monoisotopic (exact) mass is 1180 g/mol. The molecule has 19 rings (SSSR count). The molecule has 1 unspecified atom stereocenters. The van der Waals surface area contributed by atoms with Crippen LogP contribution in [0, 0.1) is 0 Å². The number of ether oxygens (including phenoxy) is 2. The van der Waals surface area contributed by atoms with Gasteiger partial charge in [-0.2, -0.15) is 0 Å². The molecule has 5 nitrogen and oxygen atoms in total. The van der Waals surface area contributed by atoms with Crippen LogP contribution in [0.5, 0.6) is 23.0 Å². The van der Waals surface area contributed by atoms with Gasteiger partial charge in [-0.1, -0.05) is 254 Å². The first-order chi connectivity index (χ1) is 45.1. The molecule has 2 aromatic heterocycles. The van der Waals surface area contributed by atoms with Gasteiger partial charge in [-0.3, -0.25) is 0 Å². The second kappa shape index (κ2) is 20.0. The first-order valence-electron chi connectivity index (χ1n) is 30.9. The van der Waals surface area contributed by atoms with Crippen LogP contribution in [0.3, 0.4) is 0 Å². The number of pyridine rings is 1. The topological polar surface area (TPSA) is 57.1 Å². The Labute approximate surface area is 530 Å². The minimum atomic E-state index is -0.664. The van der Waals surface area contributed by atoms with E-state index in [1.54, 1.807) is 11.3 Å². The molecule has 2 aliphatic carbocycles. The highest BCUT2D eigenvalue weighted by atomic mass is 32.1. The van der Waals surface area contributed by atoms with E-state index in [0.717, 1.165) is 133 Å². The van der Waals surface area contributed by atoms with Crippen molar-refractivity contribution in [1.82, 2.24) is 15.2 Å². The van der Waals surface area contributed by atoms with E-state index in [9.17, 15) is 0 Å². The van der Waals surface area contributed by atoms with Gasteiger partial charge < -0.3 is 9.47 Å². The Balaban J connectivity index is 0.655. The third kappa shape index (κ3) is 7.67. The maximum Gasteiger partial charge on any atom is 0.148 e. The number of hydrogen-bond donors (Lipinski definition) is 0. The fraction of sp³-hybridized carbons (Fsp3) is 0.0235. The summed E-state index contributed by atoms with van der Waals surface area (Å²) in [6.07, 6.45) is 0. The first-order valence-corrected chi connectivity index (χ1v) is 31.8. The first kappa shape index (κ1) is 51.5. The molecule has 0 fully saturated rings. The SMILES string of the molecule is c1ccc(-c2nnc(-c3cccc(-c4ccc5c(c4)C4(c6ccccc6O5)c5ccccc5-c5ccc(-c6ccc(-c7ccc8c(-c9cccc(-c%10ccc%11c(c%10)C%10(c%12ccccc%12O%11)c%11ccccc%11-c%11ccccc%11%10)c9)cccc8n7)cc6)cc54)c3)s2)cc1. The van der Waals surface area contributed by atoms with Crippen LogP contribution in [0.2, 0.25) is 0 Å². The van der Waals surface area contributed by atoms with Crippen molar-refractivity contribution in [3.8, 4) is 122 Å². The molecule has 2 spiro atoms. The minimum Gasteiger partial charge on any atom is -0.457 e. The summed E-state index contributed by atoms with van der Waals surface area (Å²) < 4.78 is 13.7. The fourth-order valence-electron chi connectivity index (χ4n) is 15.4. The molecule has 4 aliphatic rings. The second-order valence-electron chi connectivity index (χ2n) is 24.1. The largest absolute Gasteiger partial charge is 0.457 e. The van der Waals surface area contributed by atoms with Gasteiger partial charge in [-0.05, 0) is 156 Å². The Morgan fingerprint density at radius 2 is 0.648 bits per heavy atom. The van der Waals surface area contributed by atoms with Crippen molar-refractivity contribution in [2.75, 3.05) is 0 Å². The lowest BCUT2D eigenvalue weighted by Crippen LogP contribution is -2.32. The number of rotatable bonds is 7. The standard InChI is InChI=1S/C85H51N3O2S/c1-2-17-54(18-3-1)82-87-88-83(91-82)61-22-15-20-56(48-61)59-41-46-81-75(51-59)85(72-31-11-13-34-79(72)90-81)70-29-9-6-25-65(70)66-42-39-57(49-73(66)85)52-35-37-53(38-36-52)76-44-43-67-62(26-16-32-77(67)86-76)60-21-14-19-55(47-60)58-40-45-80-74(50-58)84(71-30-10-12-33-78(71)89-80)68-27-7-4-23-63(68)64-24-5-8-28-69(64)84/h1-51H. The molecule has 0 radical (unpaired) electrons. The molecule has 13 aromatic carbocycles. The molecule has 6 heteroatoms. The molecule has 15 aromatic rings. The van der Waals surface area contributed by atoms with Crippen LogP contribution >= 0.6 is 11.3 Å². The Bertz CT molecular complexity index is 5470. The lowest BCUT2D eigenvalue weighted by atomic mass is 9.65. The lowest BCUT2D eigenvalue weighted by molar-refractivity contribution is 0.436. The molecular weight excluding hydrogens is 1130 g/mol. The average molecular weight is 1180 g/mol. The van der Waals surface area contributed by atoms with Crippen molar-refractivity contribution >= 4 is 22.2 Å². The van der Waals surface area contributed by atoms with Gasteiger partial charge in [0.15, 0.2) is 0 Å². The number of fused-ring (bicyclic) bond motifs is 19. The van der Waals surface area contributed by atoms with Gasteiger partial charge in [0.25, 0.3) is 0 Å². The number of para-hydroxylation sites is 2. The Morgan fingerprint density at radius 3 is 1.27 bits per heavy atom. The van der Waals surface area contributed by atoms with E-state index in [2.05, 4.69) is 301 Å². The van der Waals surface area contributed by atoms with Crippen LogP contribution in [0.25, 0.3) is 110 Å². The Morgan fingerprint density at radius 1 is 0.242 bits per heavy atom. The number of nitrogens with zero attached hydrogens (tertiary/aromatic N) is 3. The van der Waals surface area contributed by atoms with Crippen molar-refractivity contribution in [3.63, 3.8) is 0 Å². The summed E-state index contributed by atoms with van der Waals surface area (Å²) in [5, 5.41) is 12.1. The molecule has 1 atom stereocenters. The summed E-state index contributed by atoms with van der Waals surface area (Å²) >= 11 is 1.61. The van der Waals surface area contributed by atoms with E-state index in [-0.39, 0.29) is 0 Å². The van der Waals surface area contributed by atoms with Gasteiger partial charge in [-0.25, -0.2) is 4.98 Å². The number of benzene rings is 13. The van der Waals surface area contributed by atoms with Crippen LogP contribution in [0.15, 0.2) is 309 Å². The van der Waals surface area contributed by atoms with Gasteiger partial charge in [0.05, 0.1) is 22.0 Å². The summed E-state index contributed by atoms with van der Waals surface area (Å²) in [7, 11) is 0. The molecule has 424 valence electrons. The van der Waals surface area contributed by atoms with E-state index in [1.165, 1.54) is 44.5 Å². The van der Waals surface area contributed by atoms with Crippen LogP contribution in [-0.2, 0) is 10.8 Å². The smallest absolute Gasteiger partial charge is 0.148 e. The zero-order valence-corrected chi connectivity index (χ0v) is 49.8. The van der Waals surface area contributed by atoms with Crippen LogP contribution in [-0.4, -0.2) is 15.2 Å². The Kier molecular flexibility index (Phi) is 11.3. The minimum absolute atomic E-state index is 0.535. The van der Waals surface area contributed by atoms with Crippen LogP contribution < -0.4 is 9.47 Å². The normalized spacial score (nSPS) is 14.7. The van der Waals surface area contributed by atoms with Gasteiger partial charge >= 0.3 is 0 Å². The highest BCUT2D eigenvalue weighted by molar-refractivity contribution is 7.17. The highest BCUT2D eigenvalue weighted by Gasteiger charge is 2.53. The quantitative estimate of drug-likeness (QED) is 0.159. The average Bonchev–Trinajstić information content (AvgIpc) is 1.56. The van der Waals surface area contributed by atoms with Gasteiger partial charge in [0.1, 0.15) is 33.0 Å². The number of hydrogen-bond acceptors (Lipinski definition) is 6. The fourth-order valence-corrected chi connectivity index (χ4v) is 16.3. The van der Waals surface area contributed by atoms with Crippen molar-refractivity contribution in [3.05, 3.63) is 354 Å². The highest BCUT2D eigenvalue weighted by Crippen LogP contribution is 2.64. The van der Waals surface area contributed by atoms with Crippen LogP contribution in [0.4, 0.5) is 0 Å². The molecule has 0 amide bonds. The zero-order chi connectivity index (χ0) is 59.8. The van der Waals surface area contributed by atoms with E-state index in [1.807, 2.05) is 18.2 Å². The van der Waals surface area contributed by atoms with Gasteiger partial charge in [-0.15, -0.1) is 10.2 Å². The third-order valence-electron chi connectivity index (χ3n) is 19.4. The Hall–Kier alpha value is -11.6. The molecule has 0 bridgehead atoms. The molecule has 4 heterocycles. The van der Waals surface area contributed by atoms with Crippen molar-refractivity contribution in [2.45, 2.75) is 10.8 Å². The summed E-state index contributed by atoms with van der Waals surface area (Å²) in [4.78, 5) is 5.36. The number of aromatic nitrogens is 3. The molecule has 91 heavy (non-hydrogen) atoms. The molecule has 0 saturated carbocycles. The van der Waals surface area contributed by atoms with Gasteiger partial charge in [0, 0.05) is 44.3 Å². The summed E-state index contributed by atoms with van der Waals surface area (Å²) in [6, 6.07) is 112. The third-order valence-corrected chi connectivity index (χ3v) is 20.4. The second-order valence-corrected chi connectivity index (χ2v) is 25.1. The molecule has 0 N–H and O–H groups in total. The van der Waals surface area contributed by atoms with Crippen molar-refractivity contribution in [1.29, 1.82) is 0 Å². The van der Waals surface area contributed by atoms with Crippen molar-refractivity contribution in [2.24, 2.45) is 0 Å². The predicted octanol–water partition coefficient (Wildman–Crippen LogP) is 21.7. The summed E-state index contributed by atoms with van der Waals surface area (Å²) in [5.74, 6) is 3.48. The predicted molar refractivity (Wildman–Crippen MR) is 368 cm³/mol. The zero-order valence-electron chi connectivity index (χ0n) is 49.0. The van der Waals surface area contributed by atoms with E-state index in [0.29, 0.717) is 0 Å².